The molecule has 0 saturated heterocycles. The van der Waals surface area contributed by atoms with Gasteiger partial charge in [0.1, 0.15) is 0 Å². The molecule has 2 N–H and O–H groups in total. The van der Waals surface area contributed by atoms with Gasteiger partial charge in [-0.2, -0.15) is 0 Å². The van der Waals surface area contributed by atoms with Crippen LogP contribution in [-0.4, -0.2) is 42.9 Å². The van der Waals surface area contributed by atoms with Gasteiger partial charge in [0.05, 0.1) is 0 Å². The number of carbonyl (C=O) groups excluding carboxylic acids is 1. The Hall–Kier alpha value is -1.55. The predicted molar refractivity (Wildman–Crippen MR) is 79.7 cm³/mol. The van der Waals surface area contributed by atoms with Crippen LogP contribution in [0.5, 0.6) is 0 Å². The van der Waals surface area contributed by atoms with Crippen LogP contribution in [0.15, 0.2) is 24.3 Å². The normalized spacial score (nSPS) is 10.7. The SMILES string of the molecule is CCCN(CCC(=O)N(C)C)Cc1ccccc1N. The Bertz CT molecular complexity index is 404. The summed E-state index contributed by atoms with van der Waals surface area (Å²) in [6.07, 6.45) is 1.63. The highest BCUT2D eigenvalue weighted by molar-refractivity contribution is 5.75. The number of hydrogen-bond acceptors (Lipinski definition) is 3. The first-order valence-corrected chi connectivity index (χ1v) is 6.80. The van der Waals surface area contributed by atoms with E-state index < -0.39 is 0 Å². The van der Waals surface area contributed by atoms with Crippen molar-refractivity contribution in [2.24, 2.45) is 0 Å². The first-order valence-electron chi connectivity index (χ1n) is 6.80. The first-order chi connectivity index (χ1) is 9.04. The summed E-state index contributed by atoms with van der Waals surface area (Å²) in [7, 11) is 3.59. The van der Waals surface area contributed by atoms with Crippen molar-refractivity contribution < 1.29 is 4.79 Å². The molecule has 4 heteroatoms. The molecule has 0 heterocycles. The number of nitrogens with zero attached hydrogens (tertiary/aromatic N) is 2. The Balaban J connectivity index is 2.58. The fraction of sp³-hybridized carbons (Fsp3) is 0.533. The predicted octanol–water partition coefficient (Wildman–Crippen LogP) is 1.96. The molecule has 0 spiro atoms. The number of nitrogens with two attached hydrogens (primary N) is 1. The maximum absolute atomic E-state index is 11.6. The standard InChI is InChI=1S/C15H25N3O/c1-4-10-18(11-9-15(19)17(2)3)12-13-7-5-6-8-14(13)16/h5-8H,4,9-12,16H2,1-3H3. The Kier molecular flexibility index (Phi) is 6.36. The molecule has 0 aliphatic rings. The van der Waals surface area contributed by atoms with Crippen LogP contribution in [0, 0.1) is 0 Å². The summed E-state index contributed by atoms with van der Waals surface area (Å²) in [5, 5.41) is 0. The van der Waals surface area contributed by atoms with E-state index in [0.29, 0.717) is 6.42 Å². The number of benzene rings is 1. The van der Waals surface area contributed by atoms with Crippen molar-refractivity contribution in [1.82, 2.24) is 9.80 Å². The van der Waals surface area contributed by atoms with E-state index in [1.807, 2.05) is 24.3 Å². The molecule has 0 saturated carbocycles. The largest absolute Gasteiger partial charge is 0.398 e. The van der Waals surface area contributed by atoms with Gasteiger partial charge in [-0.3, -0.25) is 9.69 Å². The quantitative estimate of drug-likeness (QED) is 0.765. The van der Waals surface area contributed by atoms with Gasteiger partial charge in [-0.15, -0.1) is 0 Å². The van der Waals surface area contributed by atoms with Crippen LogP contribution in [-0.2, 0) is 11.3 Å². The molecule has 106 valence electrons. The summed E-state index contributed by atoms with van der Waals surface area (Å²) in [6, 6.07) is 7.91. The third-order valence-electron chi connectivity index (χ3n) is 3.13. The van der Waals surface area contributed by atoms with Gasteiger partial charge in [0.25, 0.3) is 0 Å². The molecule has 0 radical (unpaired) electrons. The van der Waals surface area contributed by atoms with Crippen molar-refractivity contribution in [1.29, 1.82) is 0 Å². The molecule has 0 fully saturated rings. The van der Waals surface area contributed by atoms with E-state index in [1.165, 1.54) is 0 Å². The van der Waals surface area contributed by atoms with Crippen molar-refractivity contribution in [2.45, 2.75) is 26.3 Å². The second kappa shape index (κ2) is 7.79. The zero-order valence-electron chi connectivity index (χ0n) is 12.2. The van der Waals surface area contributed by atoms with E-state index in [1.54, 1.807) is 19.0 Å². The minimum absolute atomic E-state index is 0.169. The molecular formula is C15H25N3O. The Morgan fingerprint density at radius 2 is 1.89 bits per heavy atom. The molecule has 1 aromatic carbocycles. The maximum atomic E-state index is 11.6. The molecule has 1 aromatic rings. The number of rotatable bonds is 7. The Morgan fingerprint density at radius 3 is 2.47 bits per heavy atom. The van der Waals surface area contributed by atoms with Crippen LogP contribution in [0.25, 0.3) is 0 Å². The monoisotopic (exact) mass is 263 g/mol. The lowest BCUT2D eigenvalue weighted by Gasteiger charge is -2.23. The number of para-hydroxylation sites is 1. The molecule has 0 aromatic heterocycles. The second-order valence-electron chi connectivity index (χ2n) is 5.01. The highest BCUT2D eigenvalue weighted by Crippen LogP contribution is 2.14. The third kappa shape index (κ3) is 5.30. The molecule has 0 atom stereocenters. The fourth-order valence-corrected chi connectivity index (χ4v) is 1.98. The van der Waals surface area contributed by atoms with Gasteiger partial charge in [0, 0.05) is 39.3 Å². The molecule has 0 unspecified atom stereocenters. The van der Waals surface area contributed by atoms with Crippen molar-refractivity contribution in [3.63, 3.8) is 0 Å². The summed E-state index contributed by atoms with van der Waals surface area (Å²) >= 11 is 0. The lowest BCUT2D eigenvalue weighted by molar-refractivity contribution is -0.129. The average Bonchev–Trinajstić information content (AvgIpc) is 2.38. The maximum Gasteiger partial charge on any atom is 0.223 e. The number of hydrogen-bond donors (Lipinski definition) is 1. The van der Waals surface area contributed by atoms with Crippen molar-refractivity contribution in [3.8, 4) is 0 Å². The van der Waals surface area contributed by atoms with Crippen molar-refractivity contribution in [2.75, 3.05) is 32.9 Å². The topological polar surface area (TPSA) is 49.6 Å². The number of carbonyl (C=O) groups is 1. The van der Waals surface area contributed by atoms with Crippen LogP contribution in [0.4, 0.5) is 5.69 Å². The fourth-order valence-electron chi connectivity index (χ4n) is 1.98. The smallest absolute Gasteiger partial charge is 0.223 e. The van der Waals surface area contributed by atoms with Crippen molar-refractivity contribution >= 4 is 11.6 Å². The number of amides is 1. The lowest BCUT2D eigenvalue weighted by atomic mass is 10.1. The van der Waals surface area contributed by atoms with Crippen LogP contribution >= 0.6 is 0 Å². The van der Waals surface area contributed by atoms with Crippen LogP contribution in [0.3, 0.4) is 0 Å². The lowest BCUT2D eigenvalue weighted by Crippen LogP contribution is -2.30. The van der Waals surface area contributed by atoms with Gasteiger partial charge in [0.15, 0.2) is 0 Å². The van der Waals surface area contributed by atoms with Gasteiger partial charge in [-0.05, 0) is 24.6 Å². The highest BCUT2D eigenvalue weighted by Gasteiger charge is 2.10. The van der Waals surface area contributed by atoms with E-state index in [2.05, 4.69) is 11.8 Å². The first kappa shape index (κ1) is 15.5. The summed E-state index contributed by atoms with van der Waals surface area (Å²) < 4.78 is 0. The summed E-state index contributed by atoms with van der Waals surface area (Å²) in [5.74, 6) is 0.169. The zero-order valence-corrected chi connectivity index (χ0v) is 12.2. The van der Waals surface area contributed by atoms with Gasteiger partial charge < -0.3 is 10.6 Å². The second-order valence-corrected chi connectivity index (χ2v) is 5.01. The van der Waals surface area contributed by atoms with Crippen LogP contribution in [0.1, 0.15) is 25.3 Å². The van der Waals surface area contributed by atoms with Crippen molar-refractivity contribution in [3.05, 3.63) is 29.8 Å². The van der Waals surface area contributed by atoms with E-state index in [9.17, 15) is 4.79 Å². The van der Waals surface area contributed by atoms with Gasteiger partial charge in [0.2, 0.25) is 5.91 Å². The van der Waals surface area contributed by atoms with E-state index in [4.69, 9.17) is 5.73 Å². The number of anilines is 1. The summed E-state index contributed by atoms with van der Waals surface area (Å²) in [4.78, 5) is 15.6. The Morgan fingerprint density at radius 1 is 1.21 bits per heavy atom. The minimum Gasteiger partial charge on any atom is -0.398 e. The summed E-state index contributed by atoms with van der Waals surface area (Å²) in [6.45, 7) is 4.71. The summed E-state index contributed by atoms with van der Waals surface area (Å²) in [5.41, 5.74) is 7.92. The molecule has 1 rings (SSSR count). The minimum atomic E-state index is 0.169. The van der Waals surface area contributed by atoms with E-state index in [-0.39, 0.29) is 5.91 Å². The zero-order chi connectivity index (χ0) is 14.3. The average molecular weight is 263 g/mol. The van der Waals surface area contributed by atoms with Gasteiger partial charge >= 0.3 is 0 Å². The van der Waals surface area contributed by atoms with Crippen LogP contribution in [0.2, 0.25) is 0 Å². The van der Waals surface area contributed by atoms with E-state index in [0.717, 1.165) is 37.3 Å². The van der Waals surface area contributed by atoms with E-state index >= 15 is 0 Å². The molecule has 19 heavy (non-hydrogen) atoms. The molecule has 0 aliphatic carbocycles. The van der Waals surface area contributed by atoms with Gasteiger partial charge in [-0.1, -0.05) is 25.1 Å². The molecule has 0 aliphatic heterocycles. The Labute approximate surface area is 116 Å². The molecule has 0 bridgehead atoms. The molecular weight excluding hydrogens is 238 g/mol. The highest BCUT2D eigenvalue weighted by atomic mass is 16.2. The molecule has 4 nitrogen and oxygen atoms in total. The van der Waals surface area contributed by atoms with Gasteiger partial charge in [-0.25, -0.2) is 0 Å². The van der Waals surface area contributed by atoms with Crippen LogP contribution < -0.4 is 5.73 Å². The number of nitrogen functional groups attached to an aromatic ring is 1. The molecule has 1 amide bonds. The third-order valence-corrected chi connectivity index (χ3v) is 3.13.